The highest BCUT2D eigenvalue weighted by Crippen LogP contribution is 2.45. The SMILES string of the molecule is CCCCOP(O)C(=O)c1cccc(CP(=O)(O)OCCCC)n1. The average Bonchev–Trinajstić information content (AvgIpc) is 2.54. The minimum absolute atomic E-state index is 0.0196. The molecule has 0 aromatic carbocycles. The zero-order chi connectivity index (χ0) is 18.0. The van der Waals surface area contributed by atoms with E-state index in [9.17, 15) is 19.1 Å². The number of carbonyl (C=O) groups excluding carboxylic acids is 1. The first-order valence-electron chi connectivity index (χ1n) is 7.98. The summed E-state index contributed by atoms with van der Waals surface area (Å²) in [5, 5.41) is 0. The van der Waals surface area contributed by atoms with Crippen LogP contribution in [0.5, 0.6) is 0 Å². The molecule has 2 atom stereocenters. The monoisotopic (exact) mass is 377 g/mol. The molecule has 0 radical (unpaired) electrons. The van der Waals surface area contributed by atoms with Crippen LogP contribution in [-0.4, -0.2) is 33.5 Å². The van der Waals surface area contributed by atoms with Crippen molar-refractivity contribution in [3.05, 3.63) is 29.6 Å². The molecular formula is C15H25NO6P2. The van der Waals surface area contributed by atoms with Gasteiger partial charge in [0.25, 0.3) is 5.52 Å². The van der Waals surface area contributed by atoms with Gasteiger partial charge in [0.1, 0.15) is 5.69 Å². The summed E-state index contributed by atoms with van der Waals surface area (Å²) >= 11 is 0. The summed E-state index contributed by atoms with van der Waals surface area (Å²) in [6.07, 6.45) is 2.93. The van der Waals surface area contributed by atoms with E-state index in [2.05, 4.69) is 4.98 Å². The predicted molar refractivity (Wildman–Crippen MR) is 93.0 cm³/mol. The molecule has 0 aliphatic heterocycles. The number of hydrogen-bond donors (Lipinski definition) is 2. The zero-order valence-corrected chi connectivity index (χ0v) is 15.8. The first-order valence-corrected chi connectivity index (χ1v) is 11.0. The highest BCUT2D eigenvalue weighted by Gasteiger charge is 2.24. The second-order valence-electron chi connectivity index (χ2n) is 5.26. The van der Waals surface area contributed by atoms with E-state index >= 15 is 0 Å². The van der Waals surface area contributed by atoms with Crippen LogP contribution >= 0.6 is 16.0 Å². The van der Waals surface area contributed by atoms with Crippen LogP contribution in [0, 0.1) is 0 Å². The van der Waals surface area contributed by atoms with E-state index < -0.39 is 21.5 Å². The van der Waals surface area contributed by atoms with Gasteiger partial charge in [-0.2, -0.15) is 0 Å². The lowest BCUT2D eigenvalue weighted by Gasteiger charge is -2.12. The van der Waals surface area contributed by atoms with Gasteiger partial charge >= 0.3 is 7.60 Å². The third-order valence-corrected chi connectivity index (χ3v) is 5.38. The van der Waals surface area contributed by atoms with Crippen molar-refractivity contribution in [3.63, 3.8) is 0 Å². The summed E-state index contributed by atoms with van der Waals surface area (Å²) in [4.78, 5) is 35.7. The molecule has 2 unspecified atom stereocenters. The maximum atomic E-state index is 12.1. The molecule has 0 fully saturated rings. The molecule has 0 aliphatic carbocycles. The number of carbonyl (C=O) groups is 1. The van der Waals surface area contributed by atoms with Gasteiger partial charge in [-0.05, 0) is 25.0 Å². The zero-order valence-electron chi connectivity index (χ0n) is 14.1. The molecule has 0 saturated carbocycles. The van der Waals surface area contributed by atoms with Crippen LogP contribution in [0.2, 0.25) is 0 Å². The Morgan fingerprint density at radius 2 is 1.92 bits per heavy atom. The minimum Gasteiger partial charge on any atom is -0.344 e. The lowest BCUT2D eigenvalue weighted by atomic mass is 10.3. The molecule has 1 aromatic heterocycles. The van der Waals surface area contributed by atoms with Crippen LogP contribution in [0.15, 0.2) is 18.2 Å². The summed E-state index contributed by atoms with van der Waals surface area (Å²) < 4.78 is 22.1. The van der Waals surface area contributed by atoms with Gasteiger partial charge in [0.05, 0.1) is 25.1 Å². The van der Waals surface area contributed by atoms with Crippen molar-refractivity contribution in [2.45, 2.75) is 45.7 Å². The molecule has 0 aliphatic rings. The van der Waals surface area contributed by atoms with Gasteiger partial charge in [-0.1, -0.05) is 32.8 Å². The highest BCUT2D eigenvalue weighted by molar-refractivity contribution is 7.66. The molecule has 136 valence electrons. The Morgan fingerprint density at radius 3 is 2.58 bits per heavy atom. The van der Waals surface area contributed by atoms with Crippen molar-refractivity contribution in [3.8, 4) is 0 Å². The van der Waals surface area contributed by atoms with Crippen LogP contribution in [-0.2, 0) is 19.8 Å². The Hall–Kier alpha value is -0.680. The van der Waals surface area contributed by atoms with Crippen LogP contribution in [0.4, 0.5) is 0 Å². The average molecular weight is 377 g/mol. The maximum Gasteiger partial charge on any atom is 0.334 e. The van der Waals surface area contributed by atoms with Crippen molar-refractivity contribution in [2.75, 3.05) is 13.2 Å². The lowest BCUT2D eigenvalue weighted by Crippen LogP contribution is -2.05. The first-order chi connectivity index (χ1) is 11.4. The number of aromatic nitrogens is 1. The van der Waals surface area contributed by atoms with Crippen LogP contribution in [0.25, 0.3) is 0 Å². The minimum atomic E-state index is -3.80. The van der Waals surface area contributed by atoms with Crippen molar-refractivity contribution in [2.24, 2.45) is 0 Å². The fourth-order valence-corrected chi connectivity index (χ4v) is 3.57. The van der Waals surface area contributed by atoms with E-state index in [4.69, 9.17) is 9.05 Å². The first kappa shape index (κ1) is 21.4. The number of pyridine rings is 1. The van der Waals surface area contributed by atoms with E-state index in [0.29, 0.717) is 13.0 Å². The van der Waals surface area contributed by atoms with Crippen molar-refractivity contribution < 1.29 is 28.2 Å². The lowest BCUT2D eigenvalue weighted by molar-refractivity contribution is 0.104. The van der Waals surface area contributed by atoms with Gasteiger partial charge in [0.2, 0.25) is 8.38 Å². The Morgan fingerprint density at radius 1 is 1.25 bits per heavy atom. The number of rotatable bonds is 12. The largest absolute Gasteiger partial charge is 0.344 e. The van der Waals surface area contributed by atoms with E-state index in [1.54, 1.807) is 12.1 Å². The predicted octanol–water partition coefficient (Wildman–Crippen LogP) is 3.84. The topological polar surface area (TPSA) is 106 Å². The molecule has 0 spiro atoms. The summed E-state index contributed by atoms with van der Waals surface area (Å²) in [6.45, 7) is 4.45. The van der Waals surface area contributed by atoms with Crippen molar-refractivity contribution >= 4 is 21.5 Å². The summed E-state index contributed by atoms with van der Waals surface area (Å²) in [5.41, 5.74) is -0.325. The van der Waals surface area contributed by atoms with Gasteiger partial charge in [0, 0.05) is 0 Å². The van der Waals surface area contributed by atoms with Gasteiger partial charge in [-0.25, -0.2) is 4.98 Å². The van der Waals surface area contributed by atoms with E-state index in [1.165, 1.54) is 6.07 Å². The molecular weight excluding hydrogens is 352 g/mol. The molecule has 7 nitrogen and oxygen atoms in total. The normalized spacial score (nSPS) is 15.0. The van der Waals surface area contributed by atoms with Gasteiger partial charge in [-0.3, -0.25) is 9.36 Å². The fourth-order valence-electron chi connectivity index (χ4n) is 1.74. The summed E-state index contributed by atoms with van der Waals surface area (Å²) in [5.74, 6) is 0. The highest BCUT2D eigenvalue weighted by atomic mass is 31.2. The Kier molecular flexibility index (Phi) is 9.82. The standard InChI is InChI=1S/C15H25NO6P2/c1-3-5-10-21-23(18)15(17)14-9-7-8-13(16-14)12-24(19,20)22-11-6-4-2/h7-9,18H,3-6,10-12H2,1-2H3,(H,19,20). The fraction of sp³-hybridized carbons (Fsp3) is 0.600. The van der Waals surface area contributed by atoms with Gasteiger partial charge < -0.3 is 18.8 Å². The third kappa shape index (κ3) is 7.93. The Balaban J connectivity index is 2.68. The Labute approximate surface area is 143 Å². The summed E-state index contributed by atoms with van der Waals surface area (Å²) in [7, 11) is -6.05. The van der Waals surface area contributed by atoms with E-state index in [0.717, 1.165) is 19.3 Å². The second-order valence-corrected chi connectivity index (χ2v) is 8.32. The summed E-state index contributed by atoms with van der Waals surface area (Å²) in [6, 6.07) is 4.54. The van der Waals surface area contributed by atoms with E-state index in [1.807, 2.05) is 13.8 Å². The van der Waals surface area contributed by atoms with Crippen LogP contribution in [0.1, 0.15) is 55.7 Å². The molecule has 0 amide bonds. The third-order valence-electron chi connectivity index (χ3n) is 3.06. The molecule has 9 heteroatoms. The molecule has 1 heterocycles. The molecule has 24 heavy (non-hydrogen) atoms. The molecule has 1 rings (SSSR count). The molecule has 0 saturated heterocycles. The smallest absolute Gasteiger partial charge is 0.334 e. The van der Waals surface area contributed by atoms with E-state index in [-0.39, 0.29) is 24.2 Å². The van der Waals surface area contributed by atoms with Crippen LogP contribution in [0.3, 0.4) is 0 Å². The van der Waals surface area contributed by atoms with Crippen molar-refractivity contribution in [1.29, 1.82) is 0 Å². The van der Waals surface area contributed by atoms with Crippen LogP contribution < -0.4 is 0 Å². The number of hydrogen-bond acceptors (Lipinski definition) is 6. The van der Waals surface area contributed by atoms with Gasteiger partial charge in [0.15, 0.2) is 0 Å². The number of nitrogens with zero attached hydrogens (tertiary/aromatic N) is 1. The number of unbranched alkanes of at least 4 members (excludes halogenated alkanes) is 2. The van der Waals surface area contributed by atoms with Crippen molar-refractivity contribution in [1.82, 2.24) is 4.98 Å². The molecule has 1 aromatic rings. The Bertz CT molecular complexity index is 569. The second kappa shape index (κ2) is 11.0. The molecule has 0 bridgehead atoms. The van der Waals surface area contributed by atoms with Gasteiger partial charge in [-0.15, -0.1) is 0 Å². The molecule has 2 N–H and O–H groups in total. The maximum absolute atomic E-state index is 12.1. The quantitative estimate of drug-likeness (QED) is 0.421.